The van der Waals surface area contributed by atoms with Crippen LogP contribution in [-0.4, -0.2) is 47.6 Å². The second kappa shape index (κ2) is 8.22. The molecule has 1 aromatic heterocycles. The van der Waals surface area contributed by atoms with E-state index in [4.69, 9.17) is 9.47 Å². The van der Waals surface area contributed by atoms with Crippen LogP contribution in [0, 0.1) is 5.92 Å². The summed E-state index contributed by atoms with van der Waals surface area (Å²) in [6.45, 7) is 5.90. The van der Waals surface area contributed by atoms with Crippen LogP contribution in [0.15, 0.2) is 29.1 Å². The number of aromatic nitrogens is 2. The zero-order chi connectivity index (χ0) is 21.3. The van der Waals surface area contributed by atoms with Gasteiger partial charge in [-0.1, -0.05) is 26.0 Å². The van der Waals surface area contributed by atoms with E-state index in [2.05, 4.69) is 29.9 Å². The largest absolute Gasteiger partial charge is 0.496 e. The zero-order valence-corrected chi connectivity index (χ0v) is 17.9. The Balaban J connectivity index is 1.55. The van der Waals surface area contributed by atoms with Gasteiger partial charge in [-0.05, 0) is 49.3 Å². The smallest absolute Gasteiger partial charge is 0.345 e. The van der Waals surface area contributed by atoms with Crippen molar-refractivity contribution in [3.05, 3.63) is 57.3 Å². The monoisotopic (exact) mass is 411 g/mol. The fraction of sp³-hybridized carbons (Fsp3) is 0.522. The van der Waals surface area contributed by atoms with Gasteiger partial charge >= 0.3 is 5.69 Å². The van der Waals surface area contributed by atoms with Gasteiger partial charge in [0.25, 0.3) is 5.91 Å². The number of amides is 1. The summed E-state index contributed by atoms with van der Waals surface area (Å²) < 4.78 is 11.9. The molecule has 30 heavy (non-hydrogen) atoms. The number of carbonyl (C=O) groups is 1. The number of hydrogen-bond acceptors (Lipinski definition) is 5. The first-order valence-electron chi connectivity index (χ1n) is 10.6. The number of fused-ring (bicyclic) bond motifs is 2. The van der Waals surface area contributed by atoms with Crippen molar-refractivity contribution in [2.75, 3.05) is 26.8 Å². The minimum absolute atomic E-state index is 0.197. The summed E-state index contributed by atoms with van der Waals surface area (Å²) in [5.41, 5.74) is 2.44. The molecule has 1 aromatic carbocycles. The highest BCUT2D eigenvalue weighted by Crippen LogP contribution is 2.45. The Hall–Kier alpha value is -2.67. The normalized spacial score (nSPS) is 17.8. The SMILES string of the molecule is COc1cccc2c1C1(CCN(C(=O)c3cc(CC(C)C)[nH]c(=O)n3)CC1)OCC2. The Morgan fingerprint density at radius 2 is 2.10 bits per heavy atom. The van der Waals surface area contributed by atoms with Crippen LogP contribution in [0.1, 0.15) is 54.0 Å². The lowest BCUT2D eigenvalue weighted by Gasteiger charge is -2.45. The zero-order valence-electron chi connectivity index (χ0n) is 17.9. The molecule has 0 bridgehead atoms. The van der Waals surface area contributed by atoms with Crippen molar-refractivity contribution in [1.29, 1.82) is 0 Å². The first-order chi connectivity index (χ1) is 14.4. The maximum absolute atomic E-state index is 13.1. The Morgan fingerprint density at radius 3 is 2.80 bits per heavy atom. The number of hydrogen-bond donors (Lipinski definition) is 1. The lowest BCUT2D eigenvalue weighted by molar-refractivity contribution is -0.0947. The number of aromatic amines is 1. The van der Waals surface area contributed by atoms with E-state index < -0.39 is 11.3 Å². The molecule has 7 heteroatoms. The second-order valence-electron chi connectivity index (χ2n) is 8.57. The molecule has 2 aliphatic heterocycles. The van der Waals surface area contributed by atoms with Gasteiger partial charge in [-0.15, -0.1) is 0 Å². The number of piperidine rings is 1. The van der Waals surface area contributed by atoms with Crippen molar-refractivity contribution in [2.24, 2.45) is 5.92 Å². The van der Waals surface area contributed by atoms with E-state index in [1.54, 1.807) is 18.1 Å². The van der Waals surface area contributed by atoms with E-state index in [1.165, 1.54) is 5.56 Å². The van der Waals surface area contributed by atoms with Gasteiger partial charge in [0, 0.05) is 24.3 Å². The minimum atomic E-state index is -0.473. The van der Waals surface area contributed by atoms with Gasteiger partial charge in [-0.25, -0.2) is 4.79 Å². The number of benzene rings is 1. The van der Waals surface area contributed by atoms with Crippen LogP contribution < -0.4 is 10.4 Å². The Kier molecular flexibility index (Phi) is 5.64. The van der Waals surface area contributed by atoms with Gasteiger partial charge in [-0.3, -0.25) is 4.79 Å². The van der Waals surface area contributed by atoms with Gasteiger partial charge in [-0.2, -0.15) is 4.98 Å². The van der Waals surface area contributed by atoms with Crippen molar-refractivity contribution in [3.63, 3.8) is 0 Å². The highest BCUT2D eigenvalue weighted by molar-refractivity contribution is 5.92. The first kappa shape index (κ1) is 20.6. The summed E-state index contributed by atoms with van der Waals surface area (Å²) in [6.07, 6.45) is 2.94. The molecule has 0 unspecified atom stereocenters. The maximum Gasteiger partial charge on any atom is 0.345 e. The fourth-order valence-corrected chi connectivity index (χ4v) is 4.70. The number of carbonyl (C=O) groups excluding carboxylic acids is 1. The first-order valence-corrected chi connectivity index (χ1v) is 10.6. The predicted octanol–water partition coefficient (Wildman–Crippen LogP) is 2.68. The standard InChI is InChI=1S/C23H29N3O4/c1-15(2)13-17-14-18(25-22(28)24-17)21(27)26-10-8-23(9-11-26)20-16(7-12-30-23)5-4-6-19(20)29-3/h4-6,14-15H,7-13H2,1-3H3,(H,24,25,28). The molecule has 1 amide bonds. The van der Waals surface area contributed by atoms with E-state index in [9.17, 15) is 9.59 Å². The third-order valence-corrected chi connectivity index (χ3v) is 6.04. The van der Waals surface area contributed by atoms with Gasteiger partial charge in [0.15, 0.2) is 0 Å². The molecule has 0 atom stereocenters. The average molecular weight is 412 g/mol. The van der Waals surface area contributed by atoms with E-state index in [0.717, 1.165) is 23.4 Å². The Labute approximate surface area is 176 Å². The van der Waals surface area contributed by atoms with Gasteiger partial charge in [0.05, 0.1) is 13.7 Å². The fourth-order valence-electron chi connectivity index (χ4n) is 4.70. The van der Waals surface area contributed by atoms with Crippen molar-refractivity contribution in [2.45, 2.75) is 45.1 Å². The summed E-state index contributed by atoms with van der Waals surface area (Å²) in [6, 6.07) is 7.84. The van der Waals surface area contributed by atoms with E-state index in [0.29, 0.717) is 44.9 Å². The molecule has 1 N–H and O–H groups in total. The molecule has 1 saturated heterocycles. The second-order valence-corrected chi connectivity index (χ2v) is 8.57. The highest BCUT2D eigenvalue weighted by Gasteiger charge is 2.43. The maximum atomic E-state index is 13.1. The van der Waals surface area contributed by atoms with E-state index in [-0.39, 0.29) is 11.6 Å². The highest BCUT2D eigenvalue weighted by atomic mass is 16.5. The number of nitrogens with zero attached hydrogens (tertiary/aromatic N) is 2. The molecular weight excluding hydrogens is 382 g/mol. The Bertz CT molecular complexity index is 976. The summed E-state index contributed by atoms with van der Waals surface area (Å²) in [4.78, 5) is 33.5. The molecule has 160 valence electrons. The van der Waals surface area contributed by atoms with Crippen molar-refractivity contribution in [1.82, 2.24) is 14.9 Å². The molecule has 0 radical (unpaired) electrons. The topological polar surface area (TPSA) is 84.5 Å². The van der Waals surface area contributed by atoms with Crippen molar-refractivity contribution >= 4 is 5.91 Å². The van der Waals surface area contributed by atoms with Gasteiger partial charge < -0.3 is 19.4 Å². The lowest BCUT2D eigenvalue weighted by atomic mass is 9.78. The molecule has 0 saturated carbocycles. The number of methoxy groups -OCH3 is 1. The minimum Gasteiger partial charge on any atom is -0.496 e. The molecule has 4 rings (SSSR count). The van der Waals surface area contributed by atoms with E-state index >= 15 is 0 Å². The number of likely N-dealkylation sites (tertiary alicyclic amines) is 1. The molecule has 2 aliphatic rings. The molecule has 1 spiro atoms. The van der Waals surface area contributed by atoms with Crippen molar-refractivity contribution < 1.29 is 14.3 Å². The van der Waals surface area contributed by atoms with Crippen LogP contribution >= 0.6 is 0 Å². The predicted molar refractivity (Wildman–Crippen MR) is 113 cm³/mol. The number of ether oxygens (including phenoxy) is 2. The summed E-state index contributed by atoms with van der Waals surface area (Å²) in [7, 11) is 1.68. The molecule has 0 aliphatic carbocycles. The van der Waals surface area contributed by atoms with Crippen LogP contribution in [0.5, 0.6) is 5.75 Å². The summed E-state index contributed by atoms with van der Waals surface area (Å²) in [5.74, 6) is 1.03. The molecule has 7 nitrogen and oxygen atoms in total. The third kappa shape index (κ3) is 3.86. The Morgan fingerprint density at radius 1 is 1.33 bits per heavy atom. The number of H-pyrrole nitrogens is 1. The summed E-state index contributed by atoms with van der Waals surface area (Å²) >= 11 is 0. The third-order valence-electron chi connectivity index (χ3n) is 6.04. The van der Waals surface area contributed by atoms with Crippen LogP contribution in [0.25, 0.3) is 0 Å². The van der Waals surface area contributed by atoms with Crippen LogP contribution in [0.4, 0.5) is 0 Å². The molecular formula is C23H29N3O4. The number of rotatable bonds is 4. The molecule has 2 aromatic rings. The van der Waals surface area contributed by atoms with Crippen LogP contribution in [0.2, 0.25) is 0 Å². The van der Waals surface area contributed by atoms with Crippen molar-refractivity contribution in [3.8, 4) is 5.75 Å². The van der Waals surface area contributed by atoms with Crippen LogP contribution in [-0.2, 0) is 23.2 Å². The summed E-state index contributed by atoms with van der Waals surface area (Å²) in [5, 5.41) is 0. The average Bonchev–Trinajstić information content (AvgIpc) is 2.72. The molecule has 1 fully saturated rings. The quantitative estimate of drug-likeness (QED) is 0.836. The van der Waals surface area contributed by atoms with Gasteiger partial charge in [0.2, 0.25) is 0 Å². The van der Waals surface area contributed by atoms with Crippen LogP contribution in [0.3, 0.4) is 0 Å². The lowest BCUT2D eigenvalue weighted by Crippen LogP contribution is -2.48. The van der Waals surface area contributed by atoms with Gasteiger partial charge in [0.1, 0.15) is 17.0 Å². The molecule has 3 heterocycles. The number of nitrogens with one attached hydrogen (secondary N) is 1. The van der Waals surface area contributed by atoms with E-state index in [1.807, 2.05) is 12.1 Å².